The standard InChI is InChI=1S/C21H23FN4O/c1-3-27-19-7-5-4-6-18(19)26-21-14-20(24-15(2)25-21)23-13-12-16-8-10-17(22)11-9-16/h4-11,14H,3,12-13H2,1-2H3,(H2,23,24,25,26). The summed E-state index contributed by atoms with van der Waals surface area (Å²) in [5, 5.41) is 6.59. The molecule has 2 N–H and O–H groups in total. The van der Waals surface area contributed by atoms with Gasteiger partial charge in [0, 0.05) is 12.6 Å². The Balaban J connectivity index is 1.66. The van der Waals surface area contributed by atoms with Gasteiger partial charge in [0.05, 0.1) is 12.3 Å². The van der Waals surface area contributed by atoms with Crippen LogP contribution in [-0.2, 0) is 6.42 Å². The summed E-state index contributed by atoms with van der Waals surface area (Å²) in [7, 11) is 0. The average molecular weight is 366 g/mol. The summed E-state index contributed by atoms with van der Waals surface area (Å²) in [6.45, 7) is 5.09. The Morgan fingerprint density at radius 2 is 1.74 bits per heavy atom. The van der Waals surface area contributed by atoms with Crippen molar-refractivity contribution < 1.29 is 9.13 Å². The smallest absolute Gasteiger partial charge is 0.142 e. The summed E-state index contributed by atoms with van der Waals surface area (Å²) >= 11 is 0. The van der Waals surface area contributed by atoms with Gasteiger partial charge in [0.15, 0.2) is 0 Å². The quantitative estimate of drug-likeness (QED) is 0.604. The third kappa shape index (κ3) is 5.41. The van der Waals surface area contributed by atoms with Crippen LogP contribution in [0.2, 0.25) is 0 Å². The Hall–Kier alpha value is -3.15. The van der Waals surface area contributed by atoms with Gasteiger partial charge in [-0.2, -0.15) is 0 Å². The molecule has 0 bridgehead atoms. The van der Waals surface area contributed by atoms with E-state index in [1.54, 1.807) is 12.1 Å². The van der Waals surface area contributed by atoms with E-state index in [4.69, 9.17) is 4.74 Å². The summed E-state index contributed by atoms with van der Waals surface area (Å²) in [5.41, 5.74) is 1.92. The molecule has 0 fully saturated rings. The molecule has 5 nitrogen and oxygen atoms in total. The van der Waals surface area contributed by atoms with Crippen LogP contribution in [0.15, 0.2) is 54.6 Å². The Kier molecular flexibility index (Phi) is 6.20. The van der Waals surface area contributed by atoms with Crippen LogP contribution in [0.4, 0.5) is 21.7 Å². The first kappa shape index (κ1) is 18.6. The Labute approximate surface area is 158 Å². The van der Waals surface area contributed by atoms with Gasteiger partial charge in [-0.3, -0.25) is 0 Å². The summed E-state index contributed by atoms with van der Waals surface area (Å²) in [6.07, 6.45) is 0.777. The molecule has 27 heavy (non-hydrogen) atoms. The van der Waals surface area contributed by atoms with Crippen LogP contribution in [0.25, 0.3) is 0 Å². The van der Waals surface area contributed by atoms with Crippen LogP contribution in [0.1, 0.15) is 18.3 Å². The number of rotatable bonds is 8. The summed E-state index contributed by atoms with van der Waals surface area (Å²) in [4.78, 5) is 8.87. The average Bonchev–Trinajstić information content (AvgIpc) is 2.65. The van der Waals surface area contributed by atoms with E-state index in [0.717, 1.165) is 29.2 Å². The first-order valence-electron chi connectivity index (χ1n) is 8.97. The number of aromatic nitrogens is 2. The number of aryl methyl sites for hydroxylation is 1. The molecule has 1 heterocycles. The van der Waals surface area contributed by atoms with Crippen LogP contribution in [0.5, 0.6) is 5.75 Å². The van der Waals surface area contributed by atoms with E-state index in [9.17, 15) is 4.39 Å². The van der Waals surface area contributed by atoms with Gasteiger partial charge in [-0.05, 0) is 50.1 Å². The van der Waals surface area contributed by atoms with E-state index in [-0.39, 0.29) is 5.82 Å². The number of para-hydroxylation sites is 2. The molecule has 0 saturated heterocycles. The van der Waals surface area contributed by atoms with Crippen molar-refractivity contribution in [1.82, 2.24) is 9.97 Å². The van der Waals surface area contributed by atoms with Gasteiger partial charge in [0.1, 0.15) is 29.0 Å². The second-order valence-electron chi connectivity index (χ2n) is 6.04. The van der Waals surface area contributed by atoms with E-state index >= 15 is 0 Å². The first-order chi connectivity index (χ1) is 13.1. The molecule has 1 aromatic heterocycles. The van der Waals surface area contributed by atoms with Crippen molar-refractivity contribution in [3.8, 4) is 5.75 Å². The Bertz CT molecular complexity index is 884. The van der Waals surface area contributed by atoms with Gasteiger partial charge in [0.2, 0.25) is 0 Å². The molecule has 6 heteroatoms. The lowest BCUT2D eigenvalue weighted by atomic mass is 10.1. The molecule has 3 aromatic rings. The van der Waals surface area contributed by atoms with Crippen molar-refractivity contribution >= 4 is 17.3 Å². The predicted molar refractivity (Wildman–Crippen MR) is 106 cm³/mol. The molecule has 0 aliphatic carbocycles. The van der Waals surface area contributed by atoms with Crippen molar-refractivity contribution in [3.63, 3.8) is 0 Å². The highest BCUT2D eigenvalue weighted by Crippen LogP contribution is 2.27. The molecule has 0 atom stereocenters. The second kappa shape index (κ2) is 8.98. The highest BCUT2D eigenvalue weighted by Gasteiger charge is 2.06. The lowest BCUT2D eigenvalue weighted by molar-refractivity contribution is 0.342. The molecule has 0 aliphatic rings. The zero-order valence-corrected chi connectivity index (χ0v) is 15.5. The molecule has 0 saturated carbocycles. The molecule has 0 radical (unpaired) electrons. The van der Waals surface area contributed by atoms with Crippen molar-refractivity contribution in [1.29, 1.82) is 0 Å². The molecule has 0 aliphatic heterocycles. The zero-order chi connectivity index (χ0) is 19.1. The van der Waals surface area contributed by atoms with Crippen molar-refractivity contribution in [3.05, 3.63) is 71.8 Å². The monoisotopic (exact) mass is 366 g/mol. The van der Waals surface area contributed by atoms with Crippen LogP contribution < -0.4 is 15.4 Å². The largest absolute Gasteiger partial charge is 0.492 e. The van der Waals surface area contributed by atoms with Gasteiger partial charge in [-0.25, -0.2) is 14.4 Å². The van der Waals surface area contributed by atoms with Crippen molar-refractivity contribution in [2.24, 2.45) is 0 Å². The number of halogens is 1. The molecule has 0 amide bonds. The predicted octanol–water partition coefficient (Wildman–Crippen LogP) is 4.72. The van der Waals surface area contributed by atoms with Gasteiger partial charge < -0.3 is 15.4 Å². The van der Waals surface area contributed by atoms with E-state index in [0.29, 0.717) is 24.8 Å². The highest BCUT2D eigenvalue weighted by molar-refractivity contribution is 5.65. The van der Waals surface area contributed by atoms with E-state index in [2.05, 4.69) is 20.6 Å². The van der Waals surface area contributed by atoms with Gasteiger partial charge >= 0.3 is 0 Å². The normalized spacial score (nSPS) is 10.5. The third-order valence-electron chi connectivity index (χ3n) is 3.92. The summed E-state index contributed by atoms with van der Waals surface area (Å²) < 4.78 is 18.6. The topological polar surface area (TPSA) is 59.1 Å². The van der Waals surface area contributed by atoms with Crippen LogP contribution >= 0.6 is 0 Å². The number of hydrogen-bond acceptors (Lipinski definition) is 5. The lowest BCUT2D eigenvalue weighted by Gasteiger charge is -2.13. The van der Waals surface area contributed by atoms with Crippen LogP contribution in [-0.4, -0.2) is 23.1 Å². The van der Waals surface area contributed by atoms with E-state index in [1.807, 2.05) is 44.2 Å². The molecule has 3 rings (SSSR count). The number of hydrogen-bond donors (Lipinski definition) is 2. The maximum absolute atomic E-state index is 13.0. The Morgan fingerprint density at radius 1 is 1.00 bits per heavy atom. The Morgan fingerprint density at radius 3 is 2.52 bits per heavy atom. The van der Waals surface area contributed by atoms with Crippen molar-refractivity contribution in [2.75, 3.05) is 23.8 Å². The molecular formula is C21H23FN4O. The van der Waals surface area contributed by atoms with E-state index < -0.39 is 0 Å². The number of nitrogens with one attached hydrogen (secondary N) is 2. The van der Waals surface area contributed by atoms with Crippen LogP contribution in [0, 0.1) is 12.7 Å². The summed E-state index contributed by atoms with van der Waals surface area (Å²) in [5.74, 6) is 2.65. The third-order valence-corrected chi connectivity index (χ3v) is 3.92. The second-order valence-corrected chi connectivity index (χ2v) is 6.04. The summed E-state index contributed by atoms with van der Waals surface area (Å²) in [6, 6.07) is 16.1. The first-order valence-corrected chi connectivity index (χ1v) is 8.97. The van der Waals surface area contributed by atoms with Gasteiger partial charge in [-0.1, -0.05) is 24.3 Å². The van der Waals surface area contributed by atoms with E-state index in [1.165, 1.54) is 12.1 Å². The maximum atomic E-state index is 13.0. The molecular weight excluding hydrogens is 343 g/mol. The minimum atomic E-state index is -0.221. The molecule has 0 spiro atoms. The molecule has 0 unspecified atom stereocenters. The lowest BCUT2D eigenvalue weighted by Crippen LogP contribution is -2.08. The fraction of sp³-hybridized carbons (Fsp3) is 0.238. The highest BCUT2D eigenvalue weighted by atomic mass is 19.1. The van der Waals surface area contributed by atoms with Gasteiger partial charge in [-0.15, -0.1) is 0 Å². The number of nitrogens with zero attached hydrogens (tertiary/aromatic N) is 2. The fourth-order valence-corrected chi connectivity index (χ4v) is 2.70. The van der Waals surface area contributed by atoms with Crippen molar-refractivity contribution in [2.45, 2.75) is 20.3 Å². The minimum absolute atomic E-state index is 0.221. The zero-order valence-electron chi connectivity index (χ0n) is 15.5. The number of anilines is 3. The van der Waals surface area contributed by atoms with Crippen LogP contribution in [0.3, 0.4) is 0 Å². The van der Waals surface area contributed by atoms with Gasteiger partial charge in [0.25, 0.3) is 0 Å². The SMILES string of the molecule is CCOc1ccccc1Nc1cc(NCCc2ccc(F)cc2)nc(C)n1. The molecule has 2 aromatic carbocycles. The number of ether oxygens (including phenoxy) is 1. The fourth-order valence-electron chi connectivity index (χ4n) is 2.70. The minimum Gasteiger partial charge on any atom is -0.492 e. The molecule has 140 valence electrons. The number of benzene rings is 2. The maximum Gasteiger partial charge on any atom is 0.142 e.